The van der Waals surface area contributed by atoms with Crippen molar-refractivity contribution >= 4 is 17.7 Å². The van der Waals surface area contributed by atoms with Gasteiger partial charge in [-0.2, -0.15) is 0 Å². The number of piperidine rings is 1. The van der Waals surface area contributed by atoms with Gasteiger partial charge in [-0.25, -0.2) is 0 Å². The zero-order chi connectivity index (χ0) is 21.8. The highest BCUT2D eigenvalue weighted by molar-refractivity contribution is 5.99. The smallest absolute Gasteiger partial charge is 0.309 e. The number of amides is 1. The second kappa shape index (κ2) is 9.24. The molecule has 0 aliphatic carbocycles. The van der Waals surface area contributed by atoms with Crippen LogP contribution in [0.4, 0.5) is 0 Å². The number of aryl methyl sites for hydroxylation is 4. The van der Waals surface area contributed by atoms with Crippen LogP contribution in [-0.4, -0.2) is 42.3 Å². The summed E-state index contributed by atoms with van der Waals surface area (Å²) in [5, 5.41) is 0. The van der Waals surface area contributed by atoms with E-state index in [0.717, 1.165) is 22.3 Å². The number of hydrogen-bond acceptors (Lipinski definition) is 4. The molecule has 1 saturated heterocycles. The van der Waals surface area contributed by atoms with Crippen LogP contribution >= 0.6 is 0 Å². The molecule has 0 radical (unpaired) electrons. The van der Waals surface area contributed by atoms with Crippen molar-refractivity contribution in [3.8, 4) is 0 Å². The number of esters is 1. The average molecular weight is 408 g/mol. The highest BCUT2D eigenvalue weighted by Crippen LogP contribution is 2.22. The van der Waals surface area contributed by atoms with Crippen LogP contribution in [0.15, 0.2) is 36.4 Å². The lowest BCUT2D eigenvalue weighted by molar-refractivity contribution is -0.148. The van der Waals surface area contributed by atoms with Crippen LogP contribution in [0.3, 0.4) is 0 Å². The Morgan fingerprint density at radius 1 is 0.867 bits per heavy atom. The van der Waals surface area contributed by atoms with Crippen LogP contribution in [0, 0.1) is 33.6 Å². The third kappa shape index (κ3) is 4.78. The van der Waals surface area contributed by atoms with Crippen LogP contribution in [0.1, 0.15) is 55.8 Å². The number of carbonyl (C=O) groups excluding carboxylic acids is 3. The molecule has 0 N–H and O–H groups in total. The first kappa shape index (κ1) is 21.8. The summed E-state index contributed by atoms with van der Waals surface area (Å²) < 4.78 is 5.33. The van der Waals surface area contributed by atoms with Crippen molar-refractivity contribution in [1.82, 2.24) is 4.90 Å². The van der Waals surface area contributed by atoms with Gasteiger partial charge in [0.15, 0.2) is 6.61 Å². The highest BCUT2D eigenvalue weighted by atomic mass is 16.5. The van der Waals surface area contributed by atoms with Gasteiger partial charge in [-0.3, -0.25) is 14.4 Å². The van der Waals surface area contributed by atoms with E-state index in [9.17, 15) is 14.4 Å². The predicted octanol–water partition coefficient (Wildman–Crippen LogP) is 4.20. The van der Waals surface area contributed by atoms with Crippen LogP contribution in [0.2, 0.25) is 0 Å². The highest BCUT2D eigenvalue weighted by Gasteiger charge is 2.29. The fourth-order valence-corrected chi connectivity index (χ4v) is 3.89. The molecule has 5 heteroatoms. The standard InChI is InChI=1S/C25H29NO4/c1-16-7-5-6-8-21(16)24(28)26-11-9-20(10-12-26)25(29)30-15-23(27)22-14-18(3)17(2)13-19(22)4/h5-8,13-14,20H,9-12,15H2,1-4H3. The third-order valence-corrected chi connectivity index (χ3v) is 5.98. The summed E-state index contributed by atoms with van der Waals surface area (Å²) in [5.74, 6) is -0.816. The van der Waals surface area contributed by atoms with Crippen molar-refractivity contribution < 1.29 is 19.1 Å². The molecule has 1 heterocycles. The van der Waals surface area contributed by atoms with Gasteiger partial charge in [0.1, 0.15) is 0 Å². The number of hydrogen-bond donors (Lipinski definition) is 0. The minimum absolute atomic E-state index is 0.000288. The number of nitrogens with zero attached hydrogens (tertiary/aromatic N) is 1. The molecule has 158 valence electrons. The number of likely N-dealkylation sites (tertiary alicyclic amines) is 1. The lowest BCUT2D eigenvalue weighted by Crippen LogP contribution is -2.41. The maximum absolute atomic E-state index is 12.7. The van der Waals surface area contributed by atoms with E-state index in [1.54, 1.807) is 4.90 Å². The zero-order valence-electron chi connectivity index (χ0n) is 18.2. The van der Waals surface area contributed by atoms with Crippen LogP contribution in [0.25, 0.3) is 0 Å². The quantitative estimate of drug-likeness (QED) is 0.550. The van der Waals surface area contributed by atoms with Crippen molar-refractivity contribution in [3.63, 3.8) is 0 Å². The van der Waals surface area contributed by atoms with E-state index in [2.05, 4.69) is 0 Å². The van der Waals surface area contributed by atoms with Gasteiger partial charge in [0.25, 0.3) is 5.91 Å². The number of carbonyl (C=O) groups is 3. The number of rotatable bonds is 5. The summed E-state index contributed by atoms with van der Waals surface area (Å²) in [5.41, 5.74) is 5.32. The second-order valence-corrected chi connectivity index (χ2v) is 8.16. The summed E-state index contributed by atoms with van der Waals surface area (Å²) in [6.45, 7) is 8.56. The van der Waals surface area contributed by atoms with E-state index in [1.165, 1.54) is 0 Å². The van der Waals surface area contributed by atoms with Crippen LogP contribution in [-0.2, 0) is 9.53 Å². The molecule has 2 aromatic rings. The maximum atomic E-state index is 12.7. The third-order valence-electron chi connectivity index (χ3n) is 5.98. The molecule has 0 spiro atoms. The Bertz CT molecular complexity index is 971. The Balaban J connectivity index is 1.52. The monoisotopic (exact) mass is 407 g/mol. The Morgan fingerprint density at radius 2 is 1.50 bits per heavy atom. The summed E-state index contributed by atoms with van der Waals surface area (Å²) in [4.78, 5) is 39.5. The molecule has 30 heavy (non-hydrogen) atoms. The van der Waals surface area contributed by atoms with Crippen LogP contribution in [0.5, 0.6) is 0 Å². The molecule has 3 rings (SSSR count). The molecule has 0 saturated carbocycles. The largest absolute Gasteiger partial charge is 0.457 e. The van der Waals surface area contributed by atoms with E-state index < -0.39 is 0 Å². The fourth-order valence-electron chi connectivity index (χ4n) is 3.89. The Kier molecular flexibility index (Phi) is 6.70. The topological polar surface area (TPSA) is 63.7 Å². The summed E-state index contributed by atoms with van der Waals surface area (Å²) >= 11 is 0. The lowest BCUT2D eigenvalue weighted by Gasteiger charge is -2.31. The Hall–Kier alpha value is -2.95. The van der Waals surface area contributed by atoms with E-state index >= 15 is 0 Å². The van der Waals surface area contributed by atoms with Crippen molar-refractivity contribution in [1.29, 1.82) is 0 Å². The van der Waals surface area contributed by atoms with Crippen molar-refractivity contribution in [3.05, 3.63) is 69.8 Å². The molecule has 1 aliphatic rings. The van der Waals surface area contributed by atoms with E-state index in [1.807, 2.05) is 64.1 Å². The van der Waals surface area contributed by atoms with Gasteiger partial charge in [0, 0.05) is 24.2 Å². The lowest BCUT2D eigenvalue weighted by atomic mass is 9.96. The molecular weight excluding hydrogens is 378 g/mol. The summed E-state index contributed by atoms with van der Waals surface area (Å²) in [7, 11) is 0. The van der Waals surface area contributed by atoms with Crippen molar-refractivity contribution in [2.45, 2.75) is 40.5 Å². The minimum atomic E-state index is -0.354. The van der Waals surface area contributed by atoms with Crippen molar-refractivity contribution in [2.24, 2.45) is 5.92 Å². The first-order valence-corrected chi connectivity index (χ1v) is 10.4. The van der Waals surface area contributed by atoms with Gasteiger partial charge in [-0.05, 0) is 74.9 Å². The first-order chi connectivity index (χ1) is 14.3. The number of benzene rings is 2. The normalized spacial score (nSPS) is 14.5. The van der Waals surface area contributed by atoms with E-state index in [-0.39, 0.29) is 30.2 Å². The fraction of sp³-hybridized carbons (Fsp3) is 0.400. The van der Waals surface area contributed by atoms with E-state index in [0.29, 0.717) is 37.1 Å². The van der Waals surface area contributed by atoms with E-state index in [4.69, 9.17) is 4.74 Å². The molecule has 1 aliphatic heterocycles. The van der Waals surface area contributed by atoms with Gasteiger partial charge in [-0.15, -0.1) is 0 Å². The molecule has 0 aromatic heterocycles. The predicted molar refractivity (Wildman–Crippen MR) is 116 cm³/mol. The Labute approximate surface area is 178 Å². The molecule has 0 unspecified atom stereocenters. The minimum Gasteiger partial charge on any atom is -0.457 e. The average Bonchev–Trinajstić information content (AvgIpc) is 2.74. The Morgan fingerprint density at radius 3 is 2.17 bits per heavy atom. The van der Waals surface area contributed by atoms with Gasteiger partial charge >= 0.3 is 5.97 Å². The SMILES string of the molecule is Cc1cc(C)c(C(=O)COC(=O)C2CCN(C(=O)c3ccccc3C)CC2)cc1C. The molecule has 0 bridgehead atoms. The first-order valence-electron chi connectivity index (χ1n) is 10.4. The van der Waals surface area contributed by atoms with Crippen molar-refractivity contribution in [2.75, 3.05) is 19.7 Å². The summed E-state index contributed by atoms with van der Waals surface area (Å²) in [6, 6.07) is 11.4. The summed E-state index contributed by atoms with van der Waals surface area (Å²) in [6.07, 6.45) is 1.10. The second-order valence-electron chi connectivity index (χ2n) is 8.16. The van der Waals surface area contributed by atoms with Gasteiger partial charge in [0.2, 0.25) is 5.78 Å². The molecule has 0 atom stereocenters. The zero-order valence-corrected chi connectivity index (χ0v) is 18.2. The number of Topliss-reactive ketones (excluding diaryl/α,β-unsaturated/α-hetero) is 1. The van der Waals surface area contributed by atoms with Crippen LogP contribution < -0.4 is 0 Å². The van der Waals surface area contributed by atoms with Gasteiger partial charge in [-0.1, -0.05) is 24.3 Å². The number of ether oxygens (including phenoxy) is 1. The molecule has 2 aromatic carbocycles. The molecule has 5 nitrogen and oxygen atoms in total. The van der Waals surface area contributed by atoms with Gasteiger partial charge < -0.3 is 9.64 Å². The van der Waals surface area contributed by atoms with Gasteiger partial charge in [0.05, 0.1) is 5.92 Å². The molecule has 1 fully saturated rings. The number of ketones is 1. The molecule has 1 amide bonds. The molecular formula is C25H29NO4. The maximum Gasteiger partial charge on any atom is 0.309 e.